The highest BCUT2D eigenvalue weighted by Gasteiger charge is 2.22. The number of amides is 1. The Labute approximate surface area is 141 Å². The quantitative estimate of drug-likeness (QED) is 0.915. The number of carbonyl (C=O) groups is 1. The van der Waals surface area contributed by atoms with Crippen molar-refractivity contribution < 1.29 is 9.18 Å². The number of hydrogen-bond donors (Lipinski definition) is 1. The summed E-state index contributed by atoms with van der Waals surface area (Å²) in [6.45, 7) is 3.58. The number of anilines is 1. The predicted octanol–water partition coefficient (Wildman–Crippen LogP) is 2.26. The second-order valence-corrected chi connectivity index (χ2v) is 5.91. The molecule has 0 bridgehead atoms. The Hall–Kier alpha value is -2.40. The van der Waals surface area contributed by atoms with Crippen molar-refractivity contribution in [3.05, 3.63) is 66.0 Å². The summed E-state index contributed by atoms with van der Waals surface area (Å²) in [5.41, 5.74) is 1.78. The van der Waals surface area contributed by atoms with E-state index in [1.54, 1.807) is 12.1 Å². The molecule has 0 unspecified atom stereocenters. The lowest BCUT2D eigenvalue weighted by molar-refractivity contribution is -0.130. The first-order chi connectivity index (χ1) is 11.7. The Morgan fingerprint density at radius 2 is 1.62 bits per heavy atom. The number of para-hydroxylation sites is 1. The summed E-state index contributed by atoms with van der Waals surface area (Å²) < 4.78 is 13.8. The molecule has 3 rings (SSSR count). The van der Waals surface area contributed by atoms with Gasteiger partial charge in [0.15, 0.2) is 0 Å². The van der Waals surface area contributed by atoms with E-state index in [0.717, 1.165) is 5.56 Å². The Morgan fingerprint density at radius 3 is 2.33 bits per heavy atom. The third kappa shape index (κ3) is 4.11. The molecule has 1 N–H and O–H groups in total. The van der Waals surface area contributed by atoms with Crippen LogP contribution in [0.4, 0.5) is 10.1 Å². The lowest BCUT2D eigenvalue weighted by Gasteiger charge is -2.36. The standard InChI is InChI=1S/C19H22FN3O/c20-17-8-4-5-9-18(17)22-10-12-23(13-11-22)19(24)15-21-14-16-6-2-1-3-7-16/h1-9,21H,10-15H2. The largest absolute Gasteiger partial charge is 0.366 e. The summed E-state index contributed by atoms with van der Waals surface area (Å²) in [6, 6.07) is 16.8. The van der Waals surface area contributed by atoms with Crippen LogP contribution in [0.3, 0.4) is 0 Å². The van der Waals surface area contributed by atoms with Crippen molar-refractivity contribution in [2.45, 2.75) is 6.54 Å². The average Bonchev–Trinajstić information content (AvgIpc) is 2.63. The van der Waals surface area contributed by atoms with Crippen LogP contribution >= 0.6 is 0 Å². The van der Waals surface area contributed by atoms with Crippen molar-refractivity contribution in [1.82, 2.24) is 10.2 Å². The number of rotatable bonds is 5. The van der Waals surface area contributed by atoms with Crippen LogP contribution < -0.4 is 10.2 Å². The maximum atomic E-state index is 13.8. The summed E-state index contributed by atoms with van der Waals surface area (Å²) in [6.07, 6.45) is 0. The zero-order valence-electron chi connectivity index (χ0n) is 13.6. The Morgan fingerprint density at radius 1 is 0.958 bits per heavy atom. The number of hydrogen-bond acceptors (Lipinski definition) is 3. The van der Waals surface area contributed by atoms with Gasteiger partial charge >= 0.3 is 0 Å². The smallest absolute Gasteiger partial charge is 0.236 e. The fourth-order valence-electron chi connectivity index (χ4n) is 2.93. The van der Waals surface area contributed by atoms with Crippen LogP contribution in [-0.4, -0.2) is 43.5 Å². The zero-order valence-corrected chi connectivity index (χ0v) is 13.6. The number of piperazine rings is 1. The van der Waals surface area contributed by atoms with Crippen LogP contribution in [-0.2, 0) is 11.3 Å². The monoisotopic (exact) mass is 327 g/mol. The van der Waals surface area contributed by atoms with Gasteiger partial charge < -0.3 is 15.1 Å². The normalized spacial score (nSPS) is 14.7. The molecule has 1 fully saturated rings. The van der Waals surface area contributed by atoms with E-state index in [4.69, 9.17) is 0 Å². The van der Waals surface area contributed by atoms with Crippen molar-refractivity contribution in [1.29, 1.82) is 0 Å². The van der Waals surface area contributed by atoms with E-state index >= 15 is 0 Å². The lowest BCUT2D eigenvalue weighted by atomic mass is 10.2. The first kappa shape index (κ1) is 16.5. The van der Waals surface area contributed by atoms with Crippen LogP contribution in [0.25, 0.3) is 0 Å². The molecule has 2 aromatic carbocycles. The van der Waals surface area contributed by atoms with Gasteiger partial charge in [-0.25, -0.2) is 4.39 Å². The van der Waals surface area contributed by atoms with Crippen LogP contribution in [0.2, 0.25) is 0 Å². The van der Waals surface area contributed by atoms with Crippen molar-refractivity contribution in [3.63, 3.8) is 0 Å². The van der Waals surface area contributed by atoms with Gasteiger partial charge in [0.1, 0.15) is 5.82 Å². The van der Waals surface area contributed by atoms with Crippen molar-refractivity contribution in [2.75, 3.05) is 37.6 Å². The van der Waals surface area contributed by atoms with Gasteiger partial charge in [-0.2, -0.15) is 0 Å². The summed E-state index contributed by atoms with van der Waals surface area (Å²) in [4.78, 5) is 16.1. The lowest BCUT2D eigenvalue weighted by Crippen LogP contribution is -2.51. The molecule has 1 aliphatic rings. The molecular formula is C19H22FN3O. The Bertz CT molecular complexity index is 669. The summed E-state index contributed by atoms with van der Waals surface area (Å²) in [5, 5.41) is 3.19. The Balaban J connectivity index is 1.44. The number of carbonyl (C=O) groups excluding carboxylic acids is 1. The second kappa shape index (κ2) is 7.93. The second-order valence-electron chi connectivity index (χ2n) is 5.91. The summed E-state index contributed by atoms with van der Waals surface area (Å²) in [7, 11) is 0. The van der Waals surface area contributed by atoms with Crippen LogP contribution in [0.1, 0.15) is 5.56 Å². The van der Waals surface area contributed by atoms with E-state index in [0.29, 0.717) is 45.0 Å². The van der Waals surface area contributed by atoms with Gasteiger partial charge in [-0.05, 0) is 17.7 Å². The maximum absolute atomic E-state index is 13.8. The molecule has 4 nitrogen and oxygen atoms in total. The van der Waals surface area contributed by atoms with Gasteiger partial charge in [-0.15, -0.1) is 0 Å². The van der Waals surface area contributed by atoms with E-state index in [1.807, 2.05) is 46.2 Å². The van der Waals surface area contributed by atoms with E-state index in [9.17, 15) is 9.18 Å². The van der Waals surface area contributed by atoms with Crippen LogP contribution in [0.5, 0.6) is 0 Å². The fourth-order valence-corrected chi connectivity index (χ4v) is 2.93. The third-order valence-electron chi connectivity index (χ3n) is 4.27. The van der Waals surface area contributed by atoms with Crippen molar-refractivity contribution in [2.24, 2.45) is 0 Å². The first-order valence-electron chi connectivity index (χ1n) is 8.26. The molecule has 1 aliphatic heterocycles. The van der Waals surface area contributed by atoms with E-state index in [-0.39, 0.29) is 11.7 Å². The highest BCUT2D eigenvalue weighted by atomic mass is 19.1. The minimum atomic E-state index is -0.207. The van der Waals surface area contributed by atoms with E-state index in [2.05, 4.69) is 5.32 Å². The molecule has 0 aliphatic carbocycles. The van der Waals surface area contributed by atoms with Crippen LogP contribution in [0, 0.1) is 5.82 Å². The molecule has 1 heterocycles. The molecule has 0 radical (unpaired) electrons. The van der Waals surface area contributed by atoms with Crippen LogP contribution in [0.15, 0.2) is 54.6 Å². The summed E-state index contributed by atoms with van der Waals surface area (Å²) in [5.74, 6) is -0.110. The molecule has 2 aromatic rings. The van der Waals surface area contributed by atoms with Gasteiger partial charge in [0, 0.05) is 32.7 Å². The van der Waals surface area contributed by atoms with E-state index < -0.39 is 0 Å². The SMILES string of the molecule is O=C(CNCc1ccccc1)N1CCN(c2ccccc2F)CC1. The molecule has 0 aromatic heterocycles. The molecular weight excluding hydrogens is 305 g/mol. The minimum Gasteiger partial charge on any atom is -0.366 e. The number of nitrogens with zero attached hydrogens (tertiary/aromatic N) is 2. The topological polar surface area (TPSA) is 35.6 Å². The third-order valence-corrected chi connectivity index (χ3v) is 4.27. The molecule has 24 heavy (non-hydrogen) atoms. The molecule has 0 saturated carbocycles. The number of halogens is 1. The predicted molar refractivity (Wildman–Crippen MR) is 93.3 cm³/mol. The van der Waals surface area contributed by atoms with Crippen molar-refractivity contribution >= 4 is 11.6 Å². The Kier molecular flexibility index (Phi) is 5.43. The summed E-state index contributed by atoms with van der Waals surface area (Å²) >= 11 is 0. The molecule has 5 heteroatoms. The van der Waals surface area contributed by atoms with Gasteiger partial charge in [-0.1, -0.05) is 42.5 Å². The molecule has 126 valence electrons. The molecule has 0 spiro atoms. The minimum absolute atomic E-state index is 0.0964. The molecule has 1 saturated heterocycles. The maximum Gasteiger partial charge on any atom is 0.236 e. The number of benzene rings is 2. The first-order valence-corrected chi connectivity index (χ1v) is 8.26. The van der Waals surface area contributed by atoms with Gasteiger partial charge in [0.25, 0.3) is 0 Å². The van der Waals surface area contributed by atoms with Gasteiger partial charge in [-0.3, -0.25) is 4.79 Å². The molecule has 0 atom stereocenters. The highest BCUT2D eigenvalue weighted by molar-refractivity contribution is 5.78. The van der Waals surface area contributed by atoms with Gasteiger partial charge in [0.05, 0.1) is 12.2 Å². The van der Waals surface area contributed by atoms with E-state index in [1.165, 1.54) is 6.07 Å². The average molecular weight is 327 g/mol. The number of nitrogens with one attached hydrogen (secondary N) is 1. The zero-order chi connectivity index (χ0) is 16.8. The highest BCUT2D eigenvalue weighted by Crippen LogP contribution is 2.20. The fraction of sp³-hybridized carbons (Fsp3) is 0.316. The van der Waals surface area contributed by atoms with Gasteiger partial charge in [0.2, 0.25) is 5.91 Å². The molecule has 1 amide bonds. The van der Waals surface area contributed by atoms with Crippen molar-refractivity contribution in [3.8, 4) is 0 Å².